The van der Waals surface area contributed by atoms with E-state index < -0.39 is 11.5 Å². The van der Waals surface area contributed by atoms with Gasteiger partial charge in [0.15, 0.2) is 0 Å². The summed E-state index contributed by atoms with van der Waals surface area (Å²) in [5.41, 5.74) is -1.24. The fourth-order valence-corrected chi connectivity index (χ4v) is 1.55. The van der Waals surface area contributed by atoms with Crippen LogP contribution in [0.2, 0.25) is 0 Å². The summed E-state index contributed by atoms with van der Waals surface area (Å²) in [6.45, 7) is 8.91. The number of hydrogen-bond acceptors (Lipinski definition) is 3. The van der Waals surface area contributed by atoms with Crippen LogP contribution in [0.25, 0.3) is 0 Å². The Kier molecular flexibility index (Phi) is 8.62. The van der Waals surface area contributed by atoms with Crippen LogP contribution in [0.15, 0.2) is 0 Å². The Morgan fingerprint density at radius 2 is 1.61 bits per heavy atom. The van der Waals surface area contributed by atoms with Crippen molar-refractivity contribution in [1.82, 2.24) is 10.6 Å². The topological polar surface area (TPSA) is 78.4 Å². The largest absolute Gasteiger partial charge is 0.480 e. The van der Waals surface area contributed by atoms with Crippen molar-refractivity contribution in [3.8, 4) is 0 Å². The van der Waals surface area contributed by atoms with Gasteiger partial charge in [-0.3, -0.25) is 4.79 Å². The van der Waals surface area contributed by atoms with Crippen molar-refractivity contribution < 1.29 is 14.7 Å². The molecule has 0 unspecified atom stereocenters. The number of carbonyl (C=O) groups is 2. The molecule has 1 radical (unpaired) electrons. The van der Waals surface area contributed by atoms with Crippen molar-refractivity contribution in [3.63, 3.8) is 0 Å². The molecule has 0 heterocycles. The summed E-state index contributed by atoms with van der Waals surface area (Å²) in [5, 5.41) is 14.7. The monoisotopic (exact) mass is 251 g/mol. The van der Waals surface area contributed by atoms with E-state index in [1.807, 2.05) is 13.8 Å². The molecule has 18 heavy (non-hydrogen) atoms. The van der Waals surface area contributed by atoms with Gasteiger partial charge in [0, 0.05) is 18.9 Å². The number of likely N-dealkylation sites (N-methyl/N-ethyl adjacent to an activating group) is 1. The Balaban J connectivity index is 0. The van der Waals surface area contributed by atoms with E-state index in [4.69, 9.17) is 0 Å². The van der Waals surface area contributed by atoms with Gasteiger partial charge in [-0.1, -0.05) is 27.7 Å². The number of nitrogens with one attached hydrogen (secondary N) is 2. The Morgan fingerprint density at radius 3 is 1.83 bits per heavy atom. The van der Waals surface area contributed by atoms with Crippen LogP contribution in [0.1, 0.15) is 34.6 Å². The molecule has 2 atom stereocenters. The second-order valence-electron chi connectivity index (χ2n) is 5.16. The molecule has 0 aliphatic heterocycles. The summed E-state index contributed by atoms with van der Waals surface area (Å²) in [6.07, 6.45) is 0. The molecule has 3 N–H and O–H groups in total. The fourth-order valence-electron chi connectivity index (χ4n) is 1.55. The number of amides is 1. The molecule has 0 saturated carbocycles. The number of carboxylic acid groups (broad SMARTS) is 1. The SMILES string of the molecule is CN[C@H](C(=O)N[C@](C)(C(=O)O)C(C)C)C(C)C.[Li]. The minimum absolute atomic E-state index is 0. The summed E-state index contributed by atoms with van der Waals surface area (Å²) in [7, 11) is 1.69. The number of carbonyl (C=O) groups excluding carboxylic acids is 1. The second-order valence-corrected chi connectivity index (χ2v) is 5.16. The van der Waals surface area contributed by atoms with Crippen molar-refractivity contribution >= 4 is 30.7 Å². The summed E-state index contributed by atoms with van der Waals surface area (Å²) in [4.78, 5) is 23.2. The fraction of sp³-hybridized carbons (Fsp3) is 0.833. The number of carboxylic acids is 1. The molecule has 1 amide bonds. The standard InChI is InChI=1S/C12H24N2O3.Li/c1-7(2)9(13-6)10(15)14-12(5,8(3)4)11(16)17;/h7-9,13H,1-6H3,(H,14,15)(H,16,17);/t9-,12-;/m0./s1. The van der Waals surface area contributed by atoms with Gasteiger partial charge in [0.1, 0.15) is 5.54 Å². The van der Waals surface area contributed by atoms with E-state index in [9.17, 15) is 14.7 Å². The third-order valence-corrected chi connectivity index (χ3v) is 3.24. The van der Waals surface area contributed by atoms with Gasteiger partial charge in [-0.05, 0) is 25.8 Å². The van der Waals surface area contributed by atoms with Crippen molar-refractivity contribution in [3.05, 3.63) is 0 Å². The quantitative estimate of drug-likeness (QED) is 0.599. The van der Waals surface area contributed by atoms with Gasteiger partial charge in [0.05, 0.1) is 6.04 Å². The van der Waals surface area contributed by atoms with Crippen LogP contribution in [0.5, 0.6) is 0 Å². The zero-order chi connectivity index (χ0) is 13.8. The maximum Gasteiger partial charge on any atom is 0.329 e. The first-order valence-corrected chi connectivity index (χ1v) is 5.89. The second kappa shape index (κ2) is 7.83. The van der Waals surface area contributed by atoms with Gasteiger partial charge in [-0.2, -0.15) is 0 Å². The van der Waals surface area contributed by atoms with E-state index in [2.05, 4.69) is 10.6 Å². The zero-order valence-corrected chi connectivity index (χ0v) is 12.5. The smallest absolute Gasteiger partial charge is 0.329 e. The van der Waals surface area contributed by atoms with Gasteiger partial charge in [-0.25, -0.2) is 4.79 Å². The summed E-state index contributed by atoms with van der Waals surface area (Å²) in [5.74, 6) is -1.38. The first-order chi connectivity index (χ1) is 7.66. The number of aliphatic carboxylic acids is 1. The Bertz CT molecular complexity index is 295. The van der Waals surface area contributed by atoms with E-state index in [0.717, 1.165) is 0 Å². The molecule has 0 spiro atoms. The van der Waals surface area contributed by atoms with Crippen LogP contribution in [0.3, 0.4) is 0 Å². The normalized spacial score (nSPS) is 15.8. The molecule has 0 fully saturated rings. The van der Waals surface area contributed by atoms with Crippen molar-refractivity contribution in [2.45, 2.75) is 46.2 Å². The number of hydrogen-bond donors (Lipinski definition) is 3. The molecule has 6 heteroatoms. The van der Waals surface area contributed by atoms with Crippen LogP contribution in [0, 0.1) is 11.8 Å². The molecule has 101 valence electrons. The molecule has 5 nitrogen and oxygen atoms in total. The minimum Gasteiger partial charge on any atom is -0.480 e. The Hall–Kier alpha value is -0.503. The van der Waals surface area contributed by atoms with Gasteiger partial charge in [0.2, 0.25) is 5.91 Å². The molecular weight excluding hydrogens is 227 g/mol. The first-order valence-electron chi connectivity index (χ1n) is 5.89. The third kappa shape index (κ3) is 4.64. The molecule has 0 rings (SSSR count). The molecule has 0 aliphatic rings. The number of rotatable bonds is 6. The van der Waals surface area contributed by atoms with Gasteiger partial charge >= 0.3 is 5.97 Å². The van der Waals surface area contributed by atoms with Crippen molar-refractivity contribution in [2.75, 3.05) is 7.05 Å². The molecular formula is C12H24LiN2O3. The van der Waals surface area contributed by atoms with Gasteiger partial charge < -0.3 is 15.7 Å². The Labute approximate surface area is 121 Å². The maximum atomic E-state index is 12.0. The van der Waals surface area contributed by atoms with Crippen molar-refractivity contribution in [2.24, 2.45) is 11.8 Å². The van der Waals surface area contributed by atoms with Crippen LogP contribution >= 0.6 is 0 Å². The van der Waals surface area contributed by atoms with Crippen LogP contribution in [-0.2, 0) is 9.59 Å². The molecule has 0 saturated heterocycles. The predicted molar refractivity (Wildman–Crippen MR) is 72.5 cm³/mol. The molecule has 0 aromatic carbocycles. The van der Waals surface area contributed by atoms with Gasteiger partial charge in [-0.15, -0.1) is 0 Å². The average molecular weight is 251 g/mol. The zero-order valence-electron chi connectivity index (χ0n) is 12.5. The minimum atomic E-state index is -1.24. The molecule has 0 aromatic heterocycles. The van der Waals surface area contributed by atoms with Crippen LogP contribution in [-0.4, -0.2) is 54.5 Å². The summed E-state index contributed by atoms with van der Waals surface area (Å²) in [6, 6.07) is -0.382. The Morgan fingerprint density at radius 1 is 1.17 bits per heavy atom. The van der Waals surface area contributed by atoms with E-state index >= 15 is 0 Å². The van der Waals surface area contributed by atoms with E-state index in [0.29, 0.717) is 0 Å². The van der Waals surface area contributed by atoms with Gasteiger partial charge in [0.25, 0.3) is 0 Å². The maximum absolute atomic E-state index is 12.0. The molecule has 0 aliphatic carbocycles. The van der Waals surface area contributed by atoms with Crippen LogP contribution < -0.4 is 10.6 Å². The summed E-state index contributed by atoms with van der Waals surface area (Å²) < 4.78 is 0. The first kappa shape index (κ1) is 19.8. The van der Waals surface area contributed by atoms with Crippen LogP contribution in [0.4, 0.5) is 0 Å². The van der Waals surface area contributed by atoms with Crippen molar-refractivity contribution in [1.29, 1.82) is 0 Å². The van der Waals surface area contributed by atoms with E-state index in [-0.39, 0.29) is 42.6 Å². The summed E-state index contributed by atoms with van der Waals surface area (Å²) >= 11 is 0. The third-order valence-electron chi connectivity index (χ3n) is 3.24. The molecule has 0 aromatic rings. The average Bonchev–Trinajstić information content (AvgIpc) is 2.16. The van der Waals surface area contributed by atoms with E-state index in [1.165, 1.54) is 6.92 Å². The molecule has 0 bridgehead atoms. The predicted octanol–water partition coefficient (Wildman–Crippen LogP) is 0.465. The van der Waals surface area contributed by atoms with E-state index in [1.54, 1.807) is 20.9 Å².